The van der Waals surface area contributed by atoms with Gasteiger partial charge in [0.25, 0.3) is 0 Å². The number of hydrogen-bond acceptors (Lipinski definition) is 4. The van der Waals surface area contributed by atoms with Crippen molar-refractivity contribution in [2.75, 3.05) is 23.4 Å². The van der Waals surface area contributed by atoms with E-state index in [1.54, 1.807) is 18.2 Å². The Balaban J connectivity index is 2.17. The van der Waals surface area contributed by atoms with Crippen LogP contribution in [0.1, 0.15) is 29.7 Å². The summed E-state index contributed by atoms with van der Waals surface area (Å²) in [5.41, 5.74) is 3.81. The molecule has 146 valence electrons. The van der Waals surface area contributed by atoms with Gasteiger partial charge in [0.15, 0.2) is 0 Å². The van der Waals surface area contributed by atoms with Gasteiger partial charge in [0.05, 0.1) is 18.0 Å². The Hall–Kier alpha value is -1.99. The maximum Gasteiger partial charge on any atom is 0.241 e. The van der Waals surface area contributed by atoms with Crippen molar-refractivity contribution in [2.24, 2.45) is 0 Å². The maximum absolute atomic E-state index is 12.5. The molecular weight excluding hydrogens is 380 g/mol. The molecule has 0 saturated heterocycles. The number of rotatable bonds is 7. The fourth-order valence-electron chi connectivity index (χ4n) is 2.70. The van der Waals surface area contributed by atoms with Gasteiger partial charge in [-0.15, -0.1) is 11.8 Å². The summed E-state index contributed by atoms with van der Waals surface area (Å²) in [6.07, 6.45) is 3.03. The lowest BCUT2D eigenvalue weighted by Gasteiger charge is -2.24. The first-order valence-corrected chi connectivity index (χ1v) is 11.7. The number of thioether (sulfide) groups is 1. The highest BCUT2D eigenvalue weighted by molar-refractivity contribution is 7.98. The molecule has 1 N–H and O–H groups in total. The summed E-state index contributed by atoms with van der Waals surface area (Å²) in [5, 5.41) is 2.89. The number of nitrogens with one attached hydrogen (secondary N) is 1. The molecule has 2 aromatic rings. The third kappa shape index (κ3) is 5.74. The number of nitrogens with zero attached hydrogens (tertiary/aromatic N) is 1. The first kappa shape index (κ1) is 21.3. The minimum absolute atomic E-state index is 0.212. The van der Waals surface area contributed by atoms with E-state index >= 15 is 0 Å². The summed E-state index contributed by atoms with van der Waals surface area (Å²) >= 11 is 1.52. The van der Waals surface area contributed by atoms with Crippen LogP contribution in [0.5, 0.6) is 0 Å². The summed E-state index contributed by atoms with van der Waals surface area (Å²) < 4.78 is 25.6. The van der Waals surface area contributed by atoms with Gasteiger partial charge in [-0.05, 0) is 61.9 Å². The molecular formula is C20H26N2O3S2. The van der Waals surface area contributed by atoms with Crippen molar-refractivity contribution in [3.05, 3.63) is 59.2 Å². The molecule has 2 aromatic carbocycles. The van der Waals surface area contributed by atoms with Gasteiger partial charge < -0.3 is 5.32 Å². The van der Waals surface area contributed by atoms with Crippen molar-refractivity contribution >= 4 is 33.4 Å². The van der Waals surface area contributed by atoms with Crippen LogP contribution < -0.4 is 9.62 Å². The van der Waals surface area contributed by atoms with Gasteiger partial charge in [0.2, 0.25) is 15.9 Å². The minimum atomic E-state index is -3.59. The number of aryl methyl sites for hydroxylation is 2. The molecule has 0 radical (unpaired) electrons. The lowest BCUT2D eigenvalue weighted by molar-refractivity contribution is -0.120. The van der Waals surface area contributed by atoms with Crippen LogP contribution in [0.15, 0.2) is 47.4 Å². The lowest BCUT2D eigenvalue weighted by atomic mass is 10.0. The number of anilines is 1. The smallest absolute Gasteiger partial charge is 0.241 e. The highest BCUT2D eigenvalue weighted by atomic mass is 32.2. The van der Waals surface area contributed by atoms with Crippen molar-refractivity contribution < 1.29 is 13.2 Å². The van der Waals surface area contributed by atoms with E-state index in [0.717, 1.165) is 26.6 Å². The lowest BCUT2D eigenvalue weighted by Crippen LogP contribution is -2.41. The Labute approximate surface area is 166 Å². The van der Waals surface area contributed by atoms with E-state index in [0.29, 0.717) is 5.69 Å². The Morgan fingerprint density at radius 1 is 1.15 bits per heavy atom. The first-order chi connectivity index (χ1) is 12.6. The molecule has 5 nitrogen and oxygen atoms in total. The minimum Gasteiger partial charge on any atom is -0.348 e. The van der Waals surface area contributed by atoms with Crippen LogP contribution in [0.25, 0.3) is 0 Å². The number of amides is 1. The summed E-state index contributed by atoms with van der Waals surface area (Å²) in [7, 11) is -3.59. The Morgan fingerprint density at radius 2 is 1.85 bits per heavy atom. The predicted molar refractivity (Wildman–Crippen MR) is 113 cm³/mol. The van der Waals surface area contributed by atoms with Crippen LogP contribution in [0.4, 0.5) is 5.69 Å². The number of benzene rings is 2. The Morgan fingerprint density at radius 3 is 2.44 bits per heavy atom. The Bertz CT molecular complexity index is 927. The topological polar surface area (TPSA) is 66.5 Å². The van der Waals surface area contributed by atoms with Gasteiger partial charge in [-0.3, -0.25) is 9.10 Å². The maximum atomic E-state index is 12.5. The van der Waals surface area contributed by atoms with E-state index in [9.17, 15) is 13.2 Å². The second-order valence-corrected chi connectivity index (χ2v) is 9.39. The quantitative estimate of drug-likeness (QED) is 0.713. The Kier molecular flexibility index (Phi) is 6.95. The van der Waals surface area contributed by atoms with Gasteiger partial charge >= 0.3 is 0 Å². The molecule has 0 aliphatic carbocycles. The van der Waals surface area contributed by atoms with Crippen molar-refractivity contribution in [1.82, 2.24) is 5.32 Å². The number of carbonyl (C=O) groups is 1. The molecule has 1 amide bonds. The summed E-state index contributed by atoms with van der Waals surface area (Å²) in [4.78, 5) is 13.5. The van der Waals surface area contributed by atoms with Gasteiger partial charge in [-0.2, -0.15) is 0 Å². The highest BCUT2D eigenvalue weighted by Crippen LogP contribution is 2.24. The zero-order valence-electron chi connectivity index (χ0n) is 16.3. The van der Waals surface area contributed by atoms with Gasteiger partial charge in [-0.25, -0.2) is 8.42 Å². The van der Waals surface area contributed by atoms with E-state index in [1.165, 1.54) is 17.3 Å². The average Bonchev–Trinajstić information content (AvgIpc) is 2.61. The molecule has 2 rings (SSSR count). The summed E-state index contributed by atoms with van der Waals surface area (Å²) in [6, 6.07) is 13.0. The van der Waals surface area contributed by atoms with E-state index in [1.807, 2.05) is 51.3 Å². The zero-order valence-corrected chi connectivity index (χ0v) is 17.9. The molecule has 7 heteroatoms. The molecule has 0 spiro atoms. The number of hydrogen-bond donors (Lipinski definition) is 1. The van der Waals surface area contributed by atoms with Crippen LogP contribution in [0.3, 0.4) is 0 Å². The number of carbonyl (C=O) groups excluding carboxylic acids is 1. The summed E-state index contributed by atoms with van der Waals surface area (Å²) in [6.45, 7) is 5.69. The monoisotopic (exact) mass is 406 g/mol. The highest BCUT2D eigenvalue weighted by Gasteiger charge is 2.22. The second-order valence-electron chi connectivity index (χ2n) is 6.60. The number of sulfonamides is 1. The van der Waals surface area contributed by atoms with Crippen LogP contribution in [-0.4, -0.2) is 33.4 Å². The fraction of sp³-hybridized carbons (Fsp3) is 0.350. The normalized spacial score (nSPS) is 12.5. The van der Waals surface area contributed by atoms with Crippen molar-refractivity contribution in [3.8, 4) is 0 Å². The predicted octanol–water partition coefficient (Wildman–Crippen LogP) is 3.67. The van der Waals surface area contributed by atoms with Crippen LogP contribution >= 0.6 is 11.8 Å². The van der Waals surface area contributed by atoms with Gasteiger partial charge in [0, 0.05) is 4.90 Å². The SMILES string of the molecule is CSc1cccc(N(CC(=O)N[C@@H](C)c2ccc(C)c(C)c2)S(C)(=O)=O)c1. The van der Waals surface area contributed by atoms with Crippen LogP contribution in [0.2, 0.25) is 0 Å². The van der Waals surface area contributed by atoms with Gasteiger partial charge in [-0.1, -0.05) is 24.3 Å². The van der Waals surface area contributed by atoms with Crippen LogP contribution in [0, 0.1) is 13.8 Å². The van der Waals surface area contributed by atoms with E-state index < -0.39 is 10.0 Å². The second kappa shape index (κ2) is 8.80. The van der Waals surface area contributed by atoms with Crippen molar-refractivity contribution in [3.63, 3.8) is 0 Å². The molecule has 0 aliphatic heterocycles. The fourth-order valence-corrected chi connectivity index (χ4v) is 4.00. The zero-order chi connectivity index (χ0) is 20.2. The molecule has 0 aromatic heterocycles. The third-order valence-electron chi connectivity index (χ3n) is 4.44. The van der Waals surface area contributed by atoms with Crippen LogP contribution in [-0.2, 0) is 14.8 Å². The molecule has 1 atom stereocenters. The van der Waals surface area contributed by atoms with Crippen molar-refractivity contribution in [1.29, 1.82) is 0 Å². The molecule has 0 bridgehead atoms. The summed E-state index contributed by atoms with van der Waals surface area (Å²) in [5.74, 6) is -0.347. The molecule has 0 saturated carbocycles. The first-order valence-electron chi connectivity index (χ1n) is 8.60. The standard InChI is InChI=1S/C20H26N2O3S2/c1-14-9-10-17(11-15(14)2)16(3)21-20(23)13-22(27(5,24)25)18-7-6-8-19(12-18)26-4/h6-12,16H,13H2,1-5H3,(H,21,23)/t16-/m0/s1. The molecule has 0 fully saturated rings. The van der Waals surface area contributed by atoms with Crippen molar-refractivity contribution in [2.45, 2.75) is 31.7 Å². The van der Waals surface area contributed by atoms with Gasteiger partial charge in [0.1, 0.15) is 6.54 Å². The third-order valence-corrected chi connectivity index (χ3v) is 6.30. The average molecular weight is 407 g/mol. The molecule has 27 heavy (non-hydrogen) atoms. The molecule has 0 unspecified atom stereocenters. The largest absolute Gasteiger partial charge is 0.348 e. The van der Waals surface area contributed by atoms with E-state index in [2.05, 4.69) is 5.32 Å². The molecule has 0 heterocycles. The van der Waals surface area contributed by atoms with E-state index in [-0.39, 0.29) is 18.5 Å². The molecule has 0 aliphatic rings. The van der Waals surface area contributed by atoms with E-state index in [4.69, 9.17) is 0 Å².